The predicted octanol–water partition coefficient (Wildman–Crippen LogP) is 0.909. The highest BCUT2D eigenvalue weighted by atomic mass is 16.5. The summed E-state index contributed by atoms with van der Waals surface area (Å²) >= 11 is 0. The molecule has 4 rings (SSSR count). The molecule has 1 spiro atoms. The number of aromatic nitrogens is 1. The zero-order valence-electron chi connectivity index (χ0n) is 15.7. The Labute approximate surface area is 163 Å². The number of rotatable bonds is 5. The van der Waals surface area contributed by atoms with Crippen molar-refractivity contribution in [3.8, 4) is 0 Å². The molecule has 2 aliphatic rings. The van der Waals surface area contributed by atoms with Crippen LogP contribution in [0.2, 0.25) is 0 Å². The molecule has 7 heteroatoms. The first-order valence-corrected chi connectivity index (χ1v) is 9.28. The molecule has 2 aliphatic heterocycles. The number of aliphatic hydroxyl groups excluding tert-OH is 1. The lowest BCUT2D eigenvalue weighted by Crippen LogP contribution is -2.86. The van der Waals surface area contributed by atoms with Crippen LogP contribution in [-0.2, 0) is 9.53 Å². The topological polar surface area (TPSA) is 83.0 Å². The first-order chi connectivity index (χ1) is 13.6. The number of aliphatic hydroxyl groups is 1. The van der Waals surface area contributed by atoms with Gasteiger partial charge in [-0.3, -0.25) is 14.6 Å². The average molecular weight is 381 g/mol. The molecule has 1 aromatic heterocycles. The Balaban J connectivity index is 1.67. The van der Waals surface area contributed by atoms with Gasteiger partial charge in [0.1, 0.15) is 6.61 Å². The van der Waals surface area contributed by atoms with E-state index in [-0.39, 0.29) is 37.0 Å². The third-order valence-corrected chi connectivity index (χ3v) is 5.82. The quantitative estimate of drug-likeness (QED) is 0.832. The Bertz CT molecular complexity index is 852. The van der Waals surface area contributed by atoms with Crippen LogP contribution < -0.4 is 0 Å². The Kier molecular flexibility index (Phi) is 4.87. The van der Waals surface area contributed by atoms with Gasteiger partial charge in [0.25, 0.3) is 5.91 Å². The number of hydrogen-bond donors (Lipinski definition) is 1. The molecule has 0 unspecified atom stereocenters. The second kappa shape index (κ2) is 7.33. The van der Waals surface area contributed by atoms with Crippen molar-refractivity contribution in [3.63, 3.8) is 0 Å². The van der Waals surface area contributed by atoms with Gasteiger partial charge in [-0.15, -0.1) is 0 Å². The van der Waals surface area contributed by atoms with E-state index < -0.39 is 5.54 Å². The minimum atomic E-state index is -0.515. The summed E-state index contributed by atoms with van der Waals surface area (Å²) in [5.41, 5.74) is 1.08. The van der Waals surface area contributed by atoms with Gasteiger partial charge in [0, 0.05) is 44.1 Å². The summed E-state index contributed by atoms with van der Waals surface area (Å²) in [7, 11) is 1.49. The van der Waals surface area contributed by atoms with Gasteiger partial charge in [0.2, 0.25) is 5.91 Å². The highest BCUT2D eigenvalue weighted by molar-refractivity contribution is 5.96. The number of hydrogen-bond acceptors (Lipinski definition) is 5. The maximum atomic E-state index is 13.2. The van der Waals surface area contributed by atoms with E-state index in [0.717, 1.165) is 5.56 Å². The van der Waals surface area contributed by atoms with E-state index in [1.54, 1.807) is 34.3 Å². The van der Waals surface area contributed by atoms with Crippen molar-refractivity contribution >= 4 is 11.8 Å². The molecule has 1 aromatic carbocycles. The normalized spacial score (nSPS) is 22.5. The molecule has 3 heterocycles. The van der Waals surface area contributed by atoms with Crippen LogP contribution in [0, 0.1) is 0 Å². The lowest BCUT2D eigenvalue weighted by molar-refractivity contribution is -0.180. The fourth-order valence-electron chi connectivity index (χ4n) is 4.63. The number of benzene rings is 1. The largest absolute Gasteiger partial charge is 0.394 e. The van der Waals surface area contributed by atoms with Gasteiger partial charge in [-0.05, 0) is 17.7 Å². The van der Waals surface area contributed by atoms with Crippen molar-refractivity contribution in [2.75, 3.05) is 33.4 Å². The Morgan fingerprint density at radius 1 is 1.18 bits per heavy atom. The minimum Gasteiger partial charge on any atom is -0.394 e. The summed E-state index contributed by atoms with van der Waals surface area (Å²) in [5, 5.41) is 10.1. The Morgan fingerprint density at radius 2 is 1.86 bits per heavy atom. The summed E-state index contributed by atoms with van der Waals surface area (Å²) in [4.78, 5) is 32.9. The van der Waals surface area contributed by atoms with Gasteiger partial charge in [0.15, 0.2) is 0 Å². The molecule has 1 N–H and O–H groups in total. The molecule has 0 saturated carbocycles. The fraction of sp³-hybridized carbons (Fsp3) is 0.381. The number of likely N-dealkylation sites (tertiary alicyclic amines) is 2. The molecule has 0 bridgehead atoms. The molecule has 7 nitrogen and oxygen atoms in total. The van der Waals surface area contributed by atoms with Crippen LogP contribution in [0.25, 0.3) is 0 Å². The third-order valence-electron chi connectivity index (χ3n) is 5.82. The van der Waals surface area contributed by atoms with Crippen LogP contribution in [0.15, 0.2) is 54.9 Å². The Hall–Kier alpha value is -2.77. The minimum absolute atomic E-state index is 0.0216. The molecule has 146 valence electrons. The lowest BCUT2D eigenvalue weighted by Gasteiger charge is -2.70. The van der Waals surface area contributed by atoms with Crippen LogP contribution in [0.4, 0.5) is 0 Å². The van der Waals surface area contributed by atoms with Crippen LogP contribution in [0.3, 0.4) is 0 Å². The Morgan fingerprint density at radius 3 is 2.46 bits per heavy atom. The molecule has 2 amide bonds. The monoisotopic (exact) mass is 381 g/mol. The van der Waals surface area contributed by atoms with E-state index in [0.29, 0.717) is 18.7 Å². The summed E-state index contributed by atoms with van der Waals surface area (Å²) in [6.07, 6.45) is 3.16. The maximum absolute atomic E-state index is 13.2. The molecule has 28 heavy (non-hydrogen) atoms. The van der Waals surface area contributed by atoms with Crippen molar-refractivity contribution in [3.05, 3.63) is 66.0 Å². The average Bonchev–Trinajstić information content (AvgIpc) is 2.68. The maximum Gasteiger partial charge on any atom is 0.254 e. The first kappa shape index (κ1) is 18.6. The number of nitrogens with zero attached hydrogens (tertiary/aromatic N) is 3. The van der Waals surface area contributed by atoms with E-state index in [1.165, 1.54) is 7.11 Å². The molecule has 2 atom stereocenters. The first-order valence-electron chi connectivity index (χ1n) is 9.28. The van der Waals surface area contributed by atoms with Crippen LogP contribution >= 0.6 is 0 Å². The highest BCUT2D eigenvalue weighted by Gasteiger charge is 2.68. The standard InChI is InChI=1S/C21H23N3O4/c1-28-12-18(26)23-13-21(14-23)19(15-5-3-2-4-6-15)17(11-25)24(21)20(27)16-7-9-22-10-8-16/h2-10,17,19,25H,11-14H2,1H3/t17-,19-/m0/s1. The summed E-state index contributed by atoms with van der Waals surface area (Å²) < 4.78 is 4.96. The third kappa shape index (κ3) is 2.78. The number of carbonyl (C=O) groups excluding carboxylic acids is 2. The van der Waals surface area contributed by atoms with Crippen LogP contribution in [-0.4, -0.2) is 76.7 Å². The molecular formula is C21H23N3O4. The number of amides is 2. The molecule has 0 aliphatic carbocycles. The van der Waals surface area contributed by atoms with Gasteiger partial charge < -0.3 is 19.6 Å². The van der Waals surface area contributed by atoms with Gasteiger partial charge in [0.05, 0.1) is 18.2 Å². The lowest BCUT2D eigenvalue weighted by atomic mass is 9.60. The summed E-state index contributed by atoms with van der Waals surface area (Å²) in [5.74, 6) is -0.271. The van der Waals surface area contributed by atoms with Crippen molar-refractivity contribution in [2.45, 2.75) is 17.5 Å². The second-order valence-corrected chi connectivity index (χ2v) is 7.34. The molecule has 0 radical (unpaired) electrons. The van der Waals surface area contributed by atoms with Crippen molar-refractivity contribution < 1.29 is 19.4 Å². The van der Waals surface area contributed by atoms with Crippen molar-refractivity contribution in [2.24, 2.45) is 0 Å². The zero-order valence-corrected chi connectivity index (χ0v) is 15.7. The fourth-order valence-corrected chi connectivity index (χ4v) is 4.63. The predicted molar refractivity (Wildman–Crippen MR) is 102 cm³/mol. The van der Waals surface area contributed by atoms with E-state index in [9.17, 15) is 14.7 Å². The van der Waals surface area contributed by atoms with E-state index in [1.807, 2.05) is 30.3 Å². The number of carbonyl (C=O) groups is 2. The van der Waals surface area contributed by atoms with Gasteiger partial charge >= 0.3 is 0 Å². The van der Waals surface area contributed by atoms with Crippen molar-refractivity contribution in [1.29, 1.82) is 0 Å². The highest BCUT2D eigenvalue weighted by Crippen LogP contribution is 2.54. The second-order valence-electron chi connectivity index (χ2n) is 7.34. The zero-order chi connectivity index (χ0) is 19.7. The molecule has 2 saturated heterocycles. The van der Waals surface area contributed by atoms with Gasteiger partial charge in [-0.2, -0.15) is 0 Å². The number of ether oxygens (including phenoxy) is 1. The van der Waals surface area contributed by atoms with E-state index in [4.69, 9.17) is 4.74 Å². The molecule has 2 aromatic rings. The van der Waals surface area contributed by atoms with Crippen LogP contribution in [0.5, 0.6) is 0 Å². The van der Waals surface area contributed by atoms with Crippen molar-refractivity contribution in [1.82, 2.24) is 14.8 Å². The number of pyridine rings is 1. The SMILES string of the molecule is COCC(=O)N1CC2(C1)[C@@H](c1ccccc1)[C@H](CO)N2C(=O)c1ccncc1. The summed E-state index contributed by atoms with van der Waals surface area (Å²) in [6, 6.07) is 12.9. The van der Waals surface area contributed by atoms with Gasteiger partial charge in [-0.25, -0.2) is 0 Å². The number of methoxy groups -OCH3 is 1. The molecular weight excluding hydrogens is 358 g/mol. The van der Waals surface area contributed by atoms with Crippen LogP contribution in [0.1, 0.15) is 21.8 Å². The van der Waals surface area contributed by atoms with E-state index in [2.05, 4.69) is 4.98 Å². The summed E-state index contributed by atoms with van der Waals surface area (Å²) in [6.45, 7) is 0.752. The smallest absolute Gasteiger partial charge is 0.254 e. The molecule has 2 fully saturated rings. The van der Waals surface area contributed by atoms with E-state index >= 15 is 0 Å². The van der Waals surface area contributed by atoms with Gasteiger partial charge in [-0.1, -0.05) is 30.3 Å².